The van der Waals surface area contributed by atoms with E-state index in [1.54, 1.807) is 12.5 Å². The summed E-state index contributed by atoms with van der Waals surface area (Å²) in [5.74, 6) is -0.981. The minimum absolute atomic E-state index is 0.0910. The van der Waals surface area contributed by atoms with Crippen LogP contribution in [0.15, 0.2) is 12.5 Å². The van der Waals surface area contributed by atoms with Gasteiger partial charge in [-0.25, -0.2) is 9.78 Å². The van der Waals surface area contributed by atoms with Crippen LogP contribution in [0.25, 0.3) is 0 Å². The molecule has 0 radical (unpaired) electrons. The van der Waals surface area contributed by atoms with Crippen molar-refractivity contribution in [2.24, 2.45) is 0 Å². The molecule has 7 nitrogen and oxygen atoms in total. The first-order valence-electron chi connectivity index (χ1n) is 5.90. The van der Waals surface area contributed by atoms with Crippen LogP contribution in [0.4, 0.5) is 4.79 Å². The maximum atomic E-state index is 11.8. The molecule has 3 N–H and O–H groups in total. The van der Waals surface area contributed by atoms with Crippen LogP contribution in [0.1, 0.15) is 18.5 Å². The van der Waals surface area contributed by atoms with Gasteiger partial charge in [0, 0.05) is 30.9 Å². The van der Waals surface area contributed by atoms with Crippen molar-refractivity contribution >= 4 is 12.0 Å². The monoisotopic (exact) mass is 252 g/mol. The van der Waals surface area contributed by atoms with Crippen LogP contribution in [-0.2, 0) is 11.2 Å². The number of carbonyl (C=O) groups excluding carboxylic acids is 1. The number of rotatable bonds is 6. The van der Waals surface area contributed by atoms with Crippen molar-refractivity contribution in [2.75, 3.05) is 13.1 Å². The molecule has 1 aromatic heterocycles. The topological polar surface area (TPSA) is 98.3 Å². The van der Waals surface area contributed by atoms with E-state index in [2.05, 4.69) is 15.3 Å². The average Bonchev–Trinajstić information content (AvgIpc) is 3.03. The quantitative estimate of drug-likeness (QED) is 0.674. The summed E-state index contributed by atoms with van der Waals surface area (Å²) < 4.78 is 0. The molecule has 18 heavy (non-hydrogen) atoms. The van der Waals surface area contributed by atoms with Gasteiger partial charge in [0.2, 0.25) is 0 Å². The SMILES string of the molecule is O=C(O)CN(C(=O)NCCc1cnc[nH]1)C1CC1. The van der Waals surface area contributed by atoms with E-state index in [0.29, 0.717) is 13.0 Å². The second kappa shape index (κ2) is 5.52. The van der Waals surface area contributed by atoms with Crippen molar-refractivity contribution in [1.82, 2.24) is 20.2 Å². The summed E-state index contributed by atoms with van der Waals surface area (Å²) in [6.45, 7) is 0.227. The number of carboxylic acid groups (broad SMARTS) is 1. The predicted molar refractivity (Wildman–Crippen MR) is 63.1 cm³/mol. The molecular weight excluding hydrogens is 236 g/mol. The van der Waals surface area contributed by atoms with Crippen molar-refractivity contribution in [2.45, 2.75) is 25.3 Å². The van der Waals surface area contributed by atoms with Crippen LogP contribution in [0.5, 0.6) is 0 Å². The number of carboxylic acids is 1. The summed E-state index contributed by atoms with van der Waals surface area (Å²) in [5, 5.41) is 11.5. The van der Waals surface area contributed by atoms with Gasteiger partial charge in [0.25, 0.3) is 0 Å². The molecule has 0 spiro atoms. The average molecular weight is 252 g/mol. The summed E-state index contributed by atoms with van der Waals surface area (Å²) >= 11 is 0. The molecule has 7 heteroatoms. The molecule has 0 unspecified atom stereocenters. The first-order valence-corrected chi connectivity index (χ1v) is 5.90. The summed E-state index contributed by atoms with van der Waals surface area (Å²) in [7, 11) is 0. The Hall–Kier alpha value is -2.05. The van der Waals surface area contributed by atoms with Crippen LogP contribution in [-0.4, -0.2) is 51.1 Å². The highest BCUT2D eigenvalue weighted by Gasteiger charge is 2.33. The summed E-state index contributed by atoms with van der Waals surface area (Å²) in [4.78, 5) is 30.7. The van der Waals surface area contributed by atoms with Gasteiger partial charge >= 0.3 is 12.0 Å². The number of urea groups is 1. The standard InChI is InChI=1S/C11H16N4O3/c16-10(17)6-15(9-1-2-9)11(18)13-4-3-8-5-12-7-14-8/h5,7,9H,1-4,6H2,(H,12,14)(H,13,18)(H,16,17). The smallest absolute Gasteiger partial charge is 0.323 e. The zero-order valence-electron chi connectivity index (χ0n) is 9.93. The van der Waals surface area contributed by atoms with E-state index < -0.39 is 5.97 Å². The Bertz CT molecular complexity index is 414. The van der Waals surface area contributed by atoms with Gasteiger partial charge in [-0.15, -0.1) is 0 Å². The maximum absolute atomic E-state index is 11.8. The molecule has 1 aliphatic carbocycles. The van der Waals surface area contributed by atoms with E-state index in [1.165, 1.54) is 4.90 Å². The van der Waals surface area contributed by atoms with Gasteiger partial charge in [-0.2, -0.15) is 0 Å². The molecule has 1 heterocycles. The molecule has 0 aliphatic heterocycles. The Morgan fingerprint density at radius 1 is 1.56 bits per heavy atom. The van der Waals surface area contributed by atoms with Gasteiger partial charge in [0.05, 0.1) is 6.33 Å². The van der Waals surface area contributed by atoms with E-state index in [4.69, 9.17) is 5.11 Å². The third-order valence-electron chi connectivity index (χ3n) is 2.78. The highest BCUT2D eigenvalue weighted by Crippen LogP contribution is 2.26. The van der Waals surface area contributed by atoms with Gasteiger partial charge in [-0.1, -0.05) is 0 Å². The third kappa shape index (κ3) is 3.47. The van der Waals surface area contributed by atoms with E-state index >= 15 is 0 Å². The number of aromatic amines is 1. The first-order chi connectivity index (χ1) is 8.66. The number of hydrogen-bond acceptors (Lipinski definition) is 3. The number of carbonyl (C=O) groups is 2. The maximum Gasteiger partial charge on any atom is 0.323 e. The normalized spacial score (nSPS) is 14.2. The summed E-state index contributed by atoms with van der Waals surface area (Å²) in [6.07, 6.45) is 5.71. The molecule has 1 fully saturated rings. The minimum atomic E-state index is -0.981. The molecule has 0 atom stereocenters. The molecular formula is C11H16N4O3. The van der Waals surface area contributed by atoms with E-state index in [9.17, 15) is 9.59 Å². The Kier molecular flexibility index (Phi) is 3.81. The van der Waals surface area contributed by atoms with Gasteiger partial charge in [0.15, 0.2) is 0 Å². The lowest BCUT2D eigenvalue weighted by molar-refractivity contribution is -0.137. The van der Waals surface area contributed by atoms with Crippen LogP contribution in [0, 0.1) is 0 Å². The number of nitrogens with one attached hydrogen (secondary N) is 2. The molecule has 2 rings (SSSR count). The second-order valence-electron chi connectivity index (χ2n) is 4.31. The van der Waals surface area contributed by atoms with Gasteiger partial charge in [-0.3, -0.25) is 4.79 Å². The number of H-pyrrole nitrogens is 1. The molecule has 0 bridgehead atoms. The van der Waals surface area contributed by atoms with Crippen LogP contribution < -0.4 is 5.32 Å². The fourth-order valence-corrected chi connectivity index (χ4v) is 1.73. The van der Waals surface area contributed by atoms with Crippen LogP contribution in [0.3, 0.4) is 0 Å². The number of nitrogens with zero attached hydrogens (tertiary/aromatic N) is 2. The highest BCUT2D eigenvalue weighted by molar-refractivity contribution is 5.80. The van der Waals surface area contributed by atoms with Crippen molar-refractivity contribution < 1.29 is 14.7 Å². The molecule has 1 saturated carbocycles. The lowest BCUT2D eigenvalue weighted by Gasteiger charge is -2.20. The van der Waals surface area contributed by atoms with Crippen molar-refractivity contribution in [1.29, 1.82) is 0 Å². The first kappa shape index (κ1) is 12.4. The number of aromatic nitrogens is 2. The molecule has 98 valence electrons. The number of hydrogen-bond donors (Lipinski definition) is 3. The van der Waals surface area contributed by atoms with Crippen molar-refractivity contribution in [3.63, 3.8) is 0 Å². The highest BCUT2D eigenvalue weighted by atomic mass is 16.4. The van der Waals surface area contributed by atoms with E-state index in [1.807, 2.05) is 0 Å². The number of imidazole rings is 1. The Balaban J connectivity index is 1.76. The summed E-state index contributed by atoms with van der Waals surface area (Å²) in [6, 6.07) is -0.215. The number of aliphatic carboxylic acids is 1. The largest absolute Gasteiger partial charge is 0.480 e. The van der Waals surface area contributed by atoms with Gasteiger partial charge in [-0.05, 0) is 12.8 Å². The molecule has 1 aromatic rings. The summed E-state index contributed by atoms with van der Waals surface area (Å²) in [5.41, 5.74) is 0.937. The van der Waals surface area contributed by atoms with Gasteiger partial charge < -0.3 is 20.3 Å². The molecule has 2 amide bonds. The molecule has 0 aromatic carbocycles. The third-order valence-corrected chi connectivity index (χ3v) is 2.78. The van der Waals surface area contributed by atoms with E-state index in [0.717, 1.165) is 18.5 Å². The predicted octanol–water partition coefficient (Wildman–Crippen LogP) is 0.211. The van der Waals surface area contributed by atoms with E-state index in [-0.39, 0.29) is 18.6 Å². The van der Waals surface area contributed by atoms with Gasteiger partial charge in [0.1, 0.15) is 6.54 Å². The Labute approximate surface area is 104 Å². The fraction of sp³-hybridized carbons (Fsp3) is 0.545. The van der Waals surface area contributed by atoms with Crippen LogP contribution in [0.2, 0.25) is 0 Å². The fourth-order valence-electron chi connectivity index (χ4n) is 1.73. The zero-order chi connectivity index (χ0) is 13.0. The Morgan fingerprint density at radius 2 is 2.33 bits per heavy atom. The number of amides is 2. The second-order valence-corrected chi connectivity index (χ2v) is 4.31. The molecule has 1 aliphatic rings. The molecule has 0 saturated heterocycles. The zero-order valence-corrected chi connectivity index (χ0v) is 9.93. The minimum Gasteiger partial charge on any atom is -0.480 e. The Morgan fingerprint density at radius 3 is 2.89 bits per heavy atom. The van der Waals surface area contributed by atoms with Crippen molar-refractivity contribution in [3.8, 4) is 0 Å². The van der Waals surface area contributed by atoms with Crippen molar-refractivity contribution in [3.05, 3.63) is 18.2 Å². The lowest BCUT2D eigenvalue weighted by atomic mass is 10.3. The van der Waals surface area contributed by atoms with Crippen LogP contribution >= 0.6 is 0 Å². The lowest BCUT2D eigenvalue weighted by Crippen LogP contribution is -2.44.